The Kier molecular flexibility index (Phi) is 4.43. The van der Waals surface area contributed by atoms with E-state index in [2.05, 4.69) is 20.8 Å². The summed E-state index contributed by atoms with van der Waals surface area (Å²) >= 11 is 0. The van der Waals surface area contributed by atoms with Crippen LogP contribution in [0.5, 0.6) is 5.75 Å². The number of hydrogen-bond acceptors (Lipinski definition) is 2. The molecule has 0 bridgehead atoms. The first kappa shape index (κ1) is 15.4. The van der Waals surface area contributed by atoms with E-state index in [1.165, 1.54) is 6.42 Å². The van der Waals surface area contributed by atoms with Crippen LogP contribution in [-0.2, 0) is 5.60 Å². The van der Waals surface area contributed by atoms with Crippen molar-refractivity contribution in [2.24, 2.45) is 11.3 Å². The fraction of sp³-hybridized carbons (Fsp3) is 0.667. The van der Waals surface area contributed by atoms with Crippen LogP contribution in [0.15, 0.2) is 24.3 Å². The number of hydrogen-bond donors (Lipinski definition) is 1. The summed E-state index contributed by atoms with van der Waals surface area (Å²) in [6, 6.07) is 7.90. The van der Waals surface area contributed by atoms with Gasteiger partial charge in [-0.2, -0.15) is 0 Å². The highest BCUT2D eigenvalue weighted by Gasteiger charge is 2.37. The molecule has 2 rings (SSSR count). The molecule has 112 valence electrons. The van der Waals surface area contributed by atoms with Gasteiger partial charge in [0.15, 0.2) is 0 Å². The minimum absolute atomic E-state index is 0.325. The Hall–Kier alpha value is -1.02. The van der Waals surface area contributed by atoms with Crippen molar-refractivity contribution in [1.29, 1.82) is 0 Å². The van der Waals surface area contributed by atoms with Crippen molar-refractivity contribution in [1.82, 2.24) is 0 Å². The SMILES string of the molecule is COc1ccccc1C1(O)CCCC(C(C)(C)C)CC1. The van der Waals surface area contributed by atoms with E-state index < -0.39 is 5.60 Å². The molecule has 1 saturated carbocycles. The Morgan fingerprint density at radius 1 is 1.15 bits per heavy atom. The van der Waals surface area contributed by atoms with E-state index in [4.69, 9.17) is 4.74 Å². The third-order valence-corrected chi connectivity index (χ3v) is 4.88. The van der Waals surface area contributed by atoms with E-state index in [0.29, 0.717) is 11.3 Å². The Labute approximate surface area is 123 Å². The lowest BCUT2D eigenvalue weighted by Gasteiger charge is -2.31. The summed E-state index contributed by atoms with van der Waals surface area (Å²) in [5, 5.41) is 11.1. The van der Waals surface area contributed by atoms with Crippen LogP contribution in [0.1, 0.15) is 58.4 Å². The minimum Gasteiger partial charge on any atom is -0.496 e. The molecule has 1 fully saturated rings. The smallest absolute Gasteiger partial charge is 0.124 e. The minimum atomic E-state index is -0.730. The second kappa shape index (κ2) is 5.77. The van der Waals surface area contributed by atoms with Crippen LogP contribution in [0.25, 0.3) is 0 Å². The Morgan fingerprint density at radius 2 is 1.85 bits per heavy atom. The van der Waals surface area contributed by atoms with Crippen molar-refractivity contribution in [3.63, 3.8) is 0 Å². The zero-order valence-electron chi connectivity index (χ0n) is 13.3. The van der Waals surface area contributed by atoms with Crippen molar-refractivity contribution in [2.45, 2.75) is 58.5 Å². The first-order valence-electron chi connectivity index (χ1n) is 7.73. The van der Waals surface area contributed by atoms with Crippen molar-refractivity contribution >= 4 is 0 Å². The molecule has 0 amide bonds. The molecule has 2 atom stereocenters. The first-order valence-corrected chi connectivity index (χ1v) is 7.73. The number of aliphatic hydroxyl groups is 1. The summed E-state index contributed by atoms with van der Waals surface area (Å²) in [5.74, 6) is 1.50. The quantitative estimate of drug-likeness (QED) is 0.805. The summed E-state index contributed by atoms with van der Waals surface area (Å²) in [4.78, 5) is 0. The second-order valence-electron chi connectivity index (χ2n) is 7.23. The highest BCUT2D eigenvalue weighted by atomic mass is 16.5. The Bertz CT molecular complexity index is 447. The van der Waals surface area contributed by atoms with Gasteiger partial charge in [-0.3, -0.25) is 0 Å². The van der Waals surface area contributed by atoms with Crippen LogP contribution >= 0.6 is 0 Å². The average Bonchev–Trinajstić information content (AvgIpc) is 2.61. The largest absolute Gasteiger partial charge is 0.496 e. The van der Waals surface area contributed by atoms with Gasteiger partial charge in [-0.05, 0) is 49.5 Å². The molecule has 1 N–H and O–H groups in total. The summed E-state index contributed by atoms with van der Waals surface area (Å²) in [5.41, 5.74) is 0.551. The fourth-order valence-electron chi connectivity index (χ4n) is 3.49. The van der Waals surface area contributed by atoms with Crippen molar-refractivity contribution in [3.05, 3.63) is 29.8 Å². The van der Waals surface area contributed by atoms with Gasteiger partial charge in [-0.15, -0.1) is 0 Å². The van der Waals surface area contributed by atoms with E-state index in [1.54, 1.807) is 7.11 Å². The number of benzene rings is 1. The summed E-state index contributed by atoms with van der Waals surface area (Å²) in [6.07, 6.45) is 5.03. The molecule has 0 saturated heterocycles. The number of ether oxygens (including phenoxy) is 1. The van der Waals surface area contributed by atoms with Gasteiger partial charge in [-0.25, -0.2) is 0 Å². The molecule has 1 aliphatic rings. The van der Waals surface area contributed by atoms with Crippen molar-refractivity contribution in [3.8, 4) is 5.75 Å². The first-order chi connectivity index (χ1) is 9.37. The molecule has 1 aliphatic carbocycles. The molecule has 2 nitrogen and oxygen atoms in total. The molecule has 20 heavy (non-hydrogen) atoms. The molecule has 0 radical (unpaired) electrons. The summed E-state index contributed by atoms with van der Waals surface area (Å²) in [7, 11) is 1.68. The Balaban J connectivity index is 2.23. The molecule has 2 heteroatoms. The van der Waals surface area contributed by atoms with Crippen LogP contribution in [-0.4, -0.2) is 12.2 Å². The maximum Gasteiger partial charge on any atom is 0.124 e. The maximum atomic E-state index is 11.1. The molecule has 0 spiro atoms. The van der Waals surface area contributed by atoms with E-state index in [1.807, 2.05) is 24.3 Å². The Morgan fingerprint density at radius 3 is 2.50 bits per heavy atom. The van der Waals surface area contributed by atoms with Gasteiger partial charge in [0.1, 0.15) is 5.75 Å². The van der Waals surface area contributed by atoms with E-state index in [0.717, 1.165) is 37.0 Å². The maximum absolute atomic E-state index is 11.1. The van der Waals surface area contributed by atoms with E-state index in [-0.39, 0.29) is 0 Å². The van der Waals surface area contributed by atoms with Crippen LogP contribution in [0.2, 0.25) is 0 Å². The standard InChI is InChI=1S/C18H28O2/c1-17(2,3)14-8-7-12-18(19,13-11-14)15-9-5-6-10-16(15)20-4/h5-6,9-10,14,19H,7-8,11-13H2,1-4H3. The van der Waals surface area contributed by atoms with E-state index >= 15 is 0 Å². The van der Waals surface area contributed by atoms with Gasteiger partial charge in [0.05, 0.1) is 12.7 Å². The highest BCUT2D eigenvalue weighted by Crippen LogP contribution is 2.45. The van der Waals surface area contributed by atoms with Crippen LogP contribution in [0.3, 0.4) is 0 Å². The topological polar surface area (TPSA) is 29.5 Å². The lowest BCUT2D eigenvalue weighted by atomic mass is 9.76. The molecule has 0 heterocycles. The molecule has 0 aliphatic heterocycles. The lowest BCUT2D eigenvalue weighted by Crippen LogP contribution is -2.26. The lowest BCUT2D eigenvalue weighted by molar-refractivity contribution is 0.0158. The fourth-order valence-corrected chi connectivity index (χ4v) is 3.49. The van der Waals surface area contributed by atoms with Crippen LogP contribution < -0.4 is 4.74 Å². The molecular formula is C18H28O2. The van der Waals surface area contributed by atoms with Crippen molar-refractivity contribution < 1.29 is 9.84 Å². The molecule has 1 aromatic rings. The monoisotopic (exact) mass is 276 g/mol. The summed E-state index contributed by atoms with van der Waals surface area (Å²) < 4.78 is 5.44. The van der Waals surface area contributed by atoms with Crippen LogP contribution in [0.4, 0.5) is 0 Å². The van der Waals surface area contributed by atoms with Crippen molar-refractivity contribution in [2.75, 3.05) is 7.11 Å². The zero-order valence-corrected chi connectivity index (χ0v) is 13.3. The number of methoxy groups -OCH3 is 1. The van der Waals surface area contributed by atoms with Gasteiger partial charge in [0, 0.05) is 5.56 Å². The van der Waals surface area contributed by atoms with Gasteiger partial charge >= 0.3 is 0 Å². The van der Waals surface area contributed by atoms with Gasteiger partial charge < -0.3 is 9.84 Å². The van der Waals surface area contributed by atoms with E-state index in [9.17, 15) is 5.11 Å². The number of para-hydroxylation sites is 1. The van der Waals surface area contributed by atoms with Gasteiger partial charge in [-0.1, -0.05) is 39.0 Å². The number of rotatable bonds is 2. The third kappa shape index (κ3) is 3.17. The normalized spacial score (nSPS) is 27.9. The molecule has 1 aromatic carbocycles. The second-order valence-corrected chi connectivity index (χ2v) is 7.23. The summed E-state index contributed by atoms with van der Waals surface area (Å²) in [6.45, 7) is 6.93. The third-order valence-electron chi connectivity index (χ3n) is 4.88. The zero-order chi connectivity index (χ0) is 14.8. The molecular weight excluding hydrogens is 248 g/mol. The van der Waals surface area contributed by atoms with Crippen LogP contribution in [0, 0.1) is 11.3 Å². The average molecular weight is 276 g/mol. The van der Waals surface area contributed by atoms with Gasteiger partial charge in [0.25, 0.3) is 0 Å². The predicted octanol–water partition coefficient (Wildman–Crippen LogP) is 4.51. The predicted molar refractivity (Wildman–Crippen MR) is 82.9 cm³/mol. The van der Waals surface area contributed by atoms with Gasteiger partial charge in [0.2, 0.25) is 0 Å². The molecule has 2 unspecified atom stereocenters. The highest BCUT2D eigenvalue weighted by molar-refractivity contribution is 5.38. The molecule has 0 aromatic heterocycles.